The van der Waals surface area contributed by atoms with E-state index in [1.807, 2.05) is 37.3 Å². The zero-order valence-electron chi connectivity index (χ0n) is 12.1. The summed E-state index contributed by atoms with van der Waals surface area (Å²) in [6.45, 7) is 2.25. The average molecular weight is 365 g/mol. The Morgan fingerprint density at radius 1 is 1.23 bits per heavy atom. The van der Waals surface area contributed by atoms with Gasteiger partial charge in [0, 0.05) is 22.8 Å². The first-order chi connectivity index (χ1) is 10.5. The molecule has 116 valence electrons. The van der Waals surface area contributed by atoms with Gasteiger partial charge in [0.05, 0.1) is 5.69 Å². The number of amides is 2. The molecule has 2 rings (SSSR count). The van der Waals surface area contributed by atoms with Crippen molar-refractivity contribution in [1.29, 1.82) is 0 Å². The molecule has 5 nitrogen and oxygen atoms in total. The number of halogens is 1. The Morgan fingerprint density at radius 3 is 2.59 bits per heavy atom. The van der Waals surface area contributed by atoms with Gasteiger partial charge < -0.3 is 15.7 Å². The van der Waals surface area contributed by atoms with Gasteiger partial charge in [-0.15, -0.1) is 0 Å². The molecule has 0 aliphatic carbocycles. The molecule has 0 aliphatic heterocycles. The van der Waals surface area contributed by atoms with E-state index in [1.165, 1.54) is 0 Å². The number of rotatable bonds is 5. The van der Waals surface area contributed by atoms with Gasteiger partial charge in [-0.25, -0.2) is 4.79 Å². The minimum atomic E-state index is -0.864. The van der Waals surface area contributed by atoms with Crippen LogP contribution in [0.2, 0.25) is 0 Å². The van der Waals surface area contributed by atoms with E-state index in [1.54, 1.807) is 0 Å². The van der Waals surface area contributed by atoms with Crippen molar-refractivity contribution in [2.24, 2.45) is 0 Å². The lowest BCUT2D eigenvalue weighted by atomic mass is 10.0. The van der Waals surface area contributed by atoms with Crippen LogP contribution in [-0.4, -0.2) is 23.7 Å². The number of nitrogens with one attached hydrogen (secondary N) is 2. The molecule has 0 aromatic heterocycles. The first-order valence-corrected chi connectivity index (χ1v) is 7.73. The molecule has 2 aromatic carbocycles. The number of carbonyl (C=O) groups excluding carboxylic acids is 1. The van der Waals surface area contributed by atoms with Crippen LogP contribution >= 0.6 is 15.9 Å². The van der Waals surface area contributed by atoms with Crippen LogP contribution in [-0.2, 0) is 4.79 Å². The number of anilines is 1. The fraction of sp³-hybridized carbons (Fsp3) is 0.250. The quantitative estimate of drug-likeness (QED) is 0.704. The van der Waals surface area contributed by atoms with Crippen LogP contribution in [0.3, 0.4) is 0 Å². The lowest BCUT2D eigenvalue weighted by molar-refractivity contribution is -0.137. The van der Waals surface area contributed by atoms with Gasteiger partial charge in [0.2, 0.25) is 0 Å². The third-order valence-corrected chi connectivity index (χ3v) is 3.94. The highest BCUT2D eigenvalue weighted by atomic mass is 79.9. The van der Waals surface area contributed by atoms with Crippen molar-refractivity contribution in [2.75, 3.05) is 11.9 Å². The van der Waals surface area contributed by atoms with Crippen LogP contribution in [0, 0.1) is 6.92 Å². The molecule has 2 aromatic rings. The van der Waals surface area contributed by atoms with Gasteiger partial charge in [-0.1, -0.05) is 40.2 Å². The first-order valence-electron chi connectivity index (χ1n) is 6.93. The molecule has 0 heterocycles. The Hall–Kier alpha value is -2.08. The Labute approximate surface area is 136 Å². The second-order valence-corrected chi connectivity index (χ2v) is 5.83. The summed E-state index contributed by atoms with van der Waals surface area (Å²) in [6, 6.07) is 9.42. The van der Waals surface area contributed by atoms with E-state index < -0.39 is 5.97 Å². The Bertz CT molecular complexity index is 716. The molecule has 0 radical (unpaired) electrons. The molecule has 2 amide bonds. The number of benzene rings is 2. The number of aryl methyl sites for hydroxylation is 1. The summed E-state index contributed by atoms with van der Waals surface area (Å²) in [5.41, 5.74) is 1.71. The lowest BCUT2D eigenvalue weighted by Crippen LogP contribution is -2.30. The van der Waals surface area contributed by atoms with E-state index in [4.69, 9.17) is 5.11 Å². The standard InChI is InChI=1S/C16H17BrN2O3/c1-10-9-13(17)11-5-2-3-6-12(11)15(10)19-16(22)18-8-4-7-14(20)21/h2-3,5-6,9H,4,7-8H2,1H3,(H,20,21)(H2,18,19,22). The smallest absolute Gasteiger partial charge is 0.319 e. The zero-order chi connectivity index (χ0) is 16.1. The number of fused-ring (bicyclic) bond motifs is 1. The highest BCUT2D eigenvalue weighted by Crippen LogP contribution is 2.33. The van der Waals surface area contributed by atoms with Gasteiger partial charge in [-0.05, 0) is 30.4 Å². The van der Waals surface area contributed by atoms with Gasteiger partial charge in [0.25, 0.3) is 0 Å². The van der Waals surface area contributed by atoms with Crippen LogP contribution < -0.4 is 10.6 Å². The molecule has 0 aliphatic rings. The molecule has 0 saturated heterocycles. The summed E-state index contributed by atoms with van der Waals surface area (Å²) >= 11 is 3.53. The molecule has 0 fully saturated rings. The van der Waals surface area contributed by atoms with Crippen molar-refractivity contribution in [3.63, 3.8) is 0 Å². The maximum Gasteiger partial charge on any atom is 0.319 e. The van der Waals surface area contributed by atoms with Crippen LogP contribution in [0.25, 0.3) is 10.8 Å². The molecule has 22 heavy (non-hydrogen) atoms. The van der Waals surface area contributed by atoms with Crippen molar-refractivity contribution < 1.29 is 14.7 Å². The van der Waals surface area contributed by atoms with E-state index in [2.05, 4.69) is 26.6 Å². The summed E-state index contributed by atoms with van der Waals surface area (Å²) in [4.78, 5) is 22.4. The van der Waals surface area contributed by atoms with E-state index in [-0.39, 0.29) is 12.5 Å². The predicted molar refractivity (Wildman–Crippen MR) is 90.3 cm³/mol. The largest absolute Gasteiger partial charge is 0.481 e. The molecule has 0 atom stereocenters. The number of hydrogen-bond donors (Lipinski definition) is 3. The average Bonchev–Trinajstić information content (AvgIpc) is 2.48. The van der Waals surface area contributed by atoms with Crippen LogP contribution in [0.4, 0.5) is 10.5 Å². The molecule has 0 bridgehead atoms. The molecule has 0 spiro atoms. The molecule has 3 N–H and O–H groups in total. The lowest BCUT2D eigenvalue weighted by Gasteiger charge is -2.14. The van der Waals surface area contributed by atoms with Crippen molar-refractivity contribution in [1.82, 2.24) is 5.32 Å². The second kappa shape index (κ2) is 7.26. The van der Waals surface area contributed by atoms with Crippen LogP contribution in [0.5, 0.6) is 0 Å². The zero-order valence-corrected chi connectivity index (χ0v) is 13.7. The third-order valence-electron chi connectivity index (χ3n) is 3.28. The minimum Gasteiger partial charge on any atom is -0.481 e. The maximum absolute atomic E-state index is 12.0. The Kier molecular flexibility index (Phi) is 5.38. The number of carboxylic acid groups (broad SMARTS) is 1. The van der Waals surface area contributed by atoms with Crippen molar-refractivity contribution in [2.45, 2.75) is 19.8 Å². The van der Waals surface area contributed by atoms with Crippen molar-refractivity contribution in [3.8, 4) is 0 Å². The first kappa shape index (κ1) is 16.3. The monoisotopic (exact) mass is 364 g/mol. The fourth-order valence-corrected chi connectivity index (χ4v) is 2.92. The van der Waals surface area contributed by atoms with Gasteiger partial charge in [0.1, 0.15) is 0 Å². The molecule has 6 heteroatoms. The normalized spacial score (nSPS) is 10.5. The highest BCUT2D eigenvalue weighted by molar-refractivity contribution is 9.10. The molecular weight excluding hydrogens is 348 g/mol. The minimum absolute atomic E-state index is 0.0422. The topological polar surface area (TPSA) is 78.4 Å². The SMILES string of the molecule is Cc1cc(Br)c2ccccc2c1NC(=O)NCCCC(=O)O. The number of carbonyl (C=O) groups is 2. The summed E-state index contributed by atoms with van der Waals surface area (Å²) < 4.78 is 0.980. The molecular formula is C16H17BrN2O3. The summed E-state index contributed by atoms with van der Waals surface area (Å²) in [5.74, 6) is -0.864. The van der Waals surface area contributed by atoms with Crippen molar-refractivity contribution in [3.05, 3.63) is 40.4 Å². The van der Waals surface area contributed by atoms with E-state index in [9.17, 15) is 9.59 Å². The van der Waals surface area contributed by atoms with Gasteiger partial charge >= 0.3 is 12.0 Å². The Balaban J connectivity index is 2.11. The third kappa shape index (κ3) is 3.98. The van der Waals surface area contributed by atoms with E-state index >= 15 is 0 Å². The number of carboxylic acids is 1. The molecule has 0 unspecified atom stereocenters. The second-order valence-electron chi connectivity index (χ2n) is 4.97. The number of urea groups is 1. The highest BCUT2D eigenvalue weighted by Gasteiger charge is 2.10. The molecule has 0 saturated carbocycles. The van der Waals surface area contributed by atoms with Gasteiger partial charge in [-0.3, -0.25) is 4.79 Å². The van der Waals surface area contributed by atoms with E-state index in [0.29, 0.717) is 13.0 Å². The van der Waals surface area contributed by atoms with Gasteiger partial charge in [0.15, 0.2) is 0 Å². The summed E-state index contributed by atoms with van der Waals surface area (Å²) in [7, 11) is 0. The van der Waals surface area contributed by atoms with E-state index in [0.717, 1.165) is 26.5 Å². The maximum atomic E-state index is 12.0. The van der Waals surface area contributed by atoms with Crippen molar-refractivity contribution >= 4 is 44.4 Å². The fourth-order valence-electron chi connectivity index (χ4n) is 2.23. The van der Waals surface area contributed by atoms with Crippen LogP contribution in [0.15, 0.2) is 34.8 Å². The summed E-state index contributed by atoms with van der Waals surface area (Å²) in [5, 5.41) is 16.1. The van der Waals surface area contributed by atoms with Crippen LogP contribution in [0.1, 0.15) is 18.4 Å². The predicted octanol–water partition coefficient (Wildman–Crippen LogP) is 3.90. The Morgan fingerprint density at radius 2 is 1.91 bits per heavy atom. The van der Waals surface area contributed by atoms with Gasteiger partial charge in [-0.2, -0.15) is 0 Å². The number of hydrogen-bond acceptors (Lipinski definition) is 2. The summed E-state index contributed by atoms with van der Waals surface area (Å²) in [6.07, 6.45) is 0.448. The number of aliphatic carboxylic acids is 1.